The van der Waals surface area contributed by atoms with Crippen molar-refractivity contribution >= 4 is 29.3 Å². The summed E-state index contributed by atoms with van der Waals surface area (Å²) in [5.74, 6) is -0.303. The van der Waals surface area contributed by atoms with E-state index in [9.17, 15) is 9.59 Å². The highest BCUT2D eigenvalue weighted by molar-refractivity contribution is 7.98. The Morgan fingerprint density at radius 3 is 3.00 bits per heavy atom. The SMILES string of the molecule is CSCCC(=O)Nc1cnn(CC(=O)O)c1. The van der Waals surface area contributed by atoms with E-state index in [0.717, 1.165) is 5.75 Å². The first-order valence-corrected chi connectivity index (χ1v) is 6.04. The van der Waals surface area contributed by atoms with Crippen molar-refractivity contribution in [3.63, 3.8) is 0 Å². The number of nitrogens with one attached hydrogen (secondary N) is 1. The van der Waals surface area contributed by atoms with Gasteiger partial charge in [0, 0.05) is 18.4 Å². The lowest BCUT2D eigenvalue weighted by atomic mass is 10.4. The Morgan fingerprint density at radius 1 is 1.62 bits per heavy atom. The highest BCUT2D eigenvalue weighted by Gasteiger charge is 2.05. The molecule has 6 nitrogen and oxygen atoms in total. The fraction of sp³-hybridized carbons (Fsp3) is 0.444. The predicted octanol–water partition coefficient (Wildman–Crippen LogP) is 0.659. The maximum absolute atomic E-state index is 11.3. The van der Waals surface area contributed by atoms with Gasteiger partial charge in [-0.1, -0.05) is 0 Å². The highest BCUT2D eigenvalue weighted by Crippen LogP contribution is 2.06. The van der Waals surface area contributed by atoms with E-state index < -0.39 is 5.97 Å². The van der Waals surface area contributed by atoms with E-state index in [1.165, 1.54) is 17.1 Å². The molecule has 1 aromatic rings. The number of anilines is 1. The monoisotopic (exact) mass is 243 g/mol. The second kappa shape index (κ2) is 6.16. The number of thioether (sulfide) groups is 1. The lowest BCUT2D eigenvalue weighted by Gasteiger charge is -2.00. The smallest absolute Gasteiger partial charge is 0.325 e. The summed E-state index contributed by atoms with van der Waals surface area (Å²) >= 11 is 1.59. The average Bonchev–Trinajstić information content (AvgIpc) is 2.61. The summed E-state index contributed by atoms with van der Waals surface area (Å²) in [6.07, 6.45) is 5.29. The molecule has 1 aromatic heterocycles. The summed E-state index contributed by atoms with van der Waals surface area (Å²) in [4.78, 5) is 21.7. The Balaban J connectivity index is 2.45. The molecule has 0 atom stereocenters. The van der Waals surface area contributed by atoms with Crippen molar-refractivity contribution in [1.29, 1.82) is 0 Å². The molecule has 0 spiro atoms. The molecule has 0 radical (unpaired) electrons. The minimum absolute atomic E-state index is 0.0933. The Bertz CT molecular complexity index is 378. The van der Waals surface area contributed by atoms with Crippen LogP contribution in [0, 0.1) is 0 Å². The Hall–Kier alpha value is -1.50. The maximum Gasteiger partial charge on any atom is 0.325 e. The highest BCUT2D eigenvalue weighted by atomic mass is 32.2. The molecule has 88 valence electrons. The molecule has 16 heavy (non-hydrogen) atoms. The zero-order chi connectivity index (χ0) is 12.0. The fourth-order valence-corrected chi connectivity index (χ4v) is 1.46. The first kappa shape index (κ1) is 12.6. The molecule has 0 saturated carbocycles. The van der Waals surface area contributed by atoms with E-state index in [0.29, 0.717) is 12.1 Å². The zero-order valence-corrected chi connectivity index (χ0v) is 9.66. The lowest BCUT2D eigenvalue weighted by Crippen LogP contribution is -2.12. The maximum atomic E-state index is 11.3. The predicted molar refractivity (Wildman–Crippen MR) is 61.5 cm³/mol. The number of aliphatic carboxylic acids is 1. The number of amides is 1. The summed E-state index contributed by atoms with van der Waals surface area (Å²) in [5, 5.41) is 15.0. The van der Waals surface area contributed by atoms with Gasteiger partial charge in [0.05, 0.1) is 11.9 Å². The molecule has 0 unspecified atom stereocenters. The molecule has 2 N–H and O–H groups in total. The normalized spacial score (nSPS) is 10.1. The second-order valence-electron chi connectivity index (χ2n) is 3.11. The van der Waals surface area contributed by atoms with Crippen molar-refractivity contribution in [2.24, 2.45) is 0 Å². The van der Waals surface area contributed by atoms with E-state index in [4.69, 9.17) is 5.11 Å². The van der Waals surface area contributed by atoms with E-state index in [2.05, 4.69) is 10.4 Å². The molecule has 7 heteroatoms. The molecule has 1 rings (SSSR count). The first-order valence-electron chi connectivity index (χ1n) is 4.65. The van der Waals surface area contributed by atoms with Crippen LogP contribution in [-0.4, -0.2) is 38.8 Å². The Kier molecular flexibility index (Phi) is 4.84. The Labute approximate surface area is 97.0 Å². The van der Waals surface area contributed by atoms with Gasteiger partial charge in [-0.2, -0.15) is 16.9 Å². The van der Waals surface area contributed by atoms with Crippen LogP contribution in [0.2, 0.25) is 0 Å². The number of carbonyl (C=O) groups excluding carboxylic acids is 1. The summed E-state index contributed by atoms with van der Waals surface area (Å²) in [6, 6.07) is 0. The van der Waals surface area contributed by atoms with Crippen LogP contribution in [0.25, 0.3) is 0 Å². The van der Waals surface area contributed by atoms with Gasteiger partial charge in [0.25, 0.3) is 0 Å². The standard InChI is InChI=1S/C9H13N3O3S/c1-16-3-2-8(13)11-7-4-10-12(5-7)6-9(14)15/h4-5H,2-3,6H2,1H3,(H,11,13)(H,14,15). The van der Waals surface area contributed by atoms with Crippen molar-refractivity contribution in [2.45, 2.75) is 13.0 Å². The second-order valence-corrected chi connectivity index (χ2v) is 4.10. The van der Waals surface area contributed by atoms with Gasteiger partial charge in [0.15, 0.2) is 0 Å². The molecule has 0 aliphatic heterocycles. The summed E-state index contributed by atoms with van der Waals surface area (Å²) in [7, 11) is 0. The molecule has 1 amide bonds. The fourth-order valence-electron chi connectivity index (χ4n) is 1.07. The van der Waals surface area contributed by atoms with Gasteiger partial charge in [0.1, 0.15) is 6.54 Å². The van der Waals surface area contributed by atoms with Gasteiger partial charge < -0.3 is 10.4 Å². The average molecular weight is 243 g/mol. The molecular weight excluding hydrogens is 230 g/mol. The van der Waals surface area contributed by atoms with Gasteiger partial charge in [-0.3, -0.25) is 14.3 Å². The summed E-state index contributed by atoms with van der Waals surface area (Å²) in [5.41, 5.74) is 0.521. The number of carbonyl (C=O) groups is 2. The van der Waals surface area contributed by atoms with Crippen LogP contribution in [0.3, 0.4) is 0 Å². The molecule has 0 aliphatic carbocycles. The number of nitrogens with zero attached hydrogens (tertiary/aromatic N) is 2. The molecule has 0 aliphatic rings. The number of aromatic nitrogens is 2. The van der Waals surface area contributed by atoms with Gasteiger partial charge in [0.2, 0.25) is 5.91 Å². The van der Waals surface area contributed by atoms with Crippen LogP contribution in [0.15, 0.2) is 12.4 Å². The molecular formula is C9H13N3O3S. The van der Waals surface area contributed by atoms with Crippen molar-refractivity contribution in [2.75, 3.05) is 17.3 Å². The molecule has 0 bridgehead atoms. The first-order chi connectivity index (χ1) is 7.61. The molecule has 1 heterocycles. The topological polar surface area (TPSA) is 84.2 Å². The quantitative estimate of drug-likeness (QED) is 0.766. The van der Waals surface area contributed by atoms with Crippen molar-refractivity contribution in [1.82, 2.24) is 9.78 Å². The number of carboxylic acid groups (broad SMARTS) is 1. The number of rotatable bonds is 6. The number of carboxylic acids is 1. The van der Waals surface area contributed by atoms with Gasteiger partial charge in [-0.15, -0.1) is 0 Å². The largest absolute Gasteiger partial charge is 0.480 e. The summed E-state index contributed by atoms with van der Waals surface area (Å²) < 4.78 is 1.26. The van der Waals surface area contributed by atoms with Crippen LogP contribution in [0.5, 0.6) is 0 Å². The van der Waals surface area contributed by atoms with Gasteiger partial charge in [-0.05, 0) is 6.26 Å². The third-order valence-electron chi connectivity index (χ3n) is 1.75. The van der Waals surface area contributed by atoms with Gasteiger partial charge in [-0.25, -0.2) is 0 Å². The minimum Gasteiger partial charge on any atom is -0.480 e. The molecule has 0 fully saturated rings. The van der Waals surface area contributed by atoms with Crippen molar-refractivity contribution in [3.05, 3.63) is 12.4 Å². The van der Waals surface area contributed by atoms with Crippen LogP contribution in [0.1, 0.15) is 6.42 Å². The van der Waals surface area contributed by atoms with Crippen LogP contribution < -0.4 is 5.32 Å². The van der Waals surface area contributed by atoms with Crippen molar-refractivity contribution < 1.29 is 14.7 Å². The minimum atomic E-state index is -0.969. The van der Waals surface area contributed by atoms with E-state index in [1.807, 2.05) is 6.26 Å². The molecule has 0 aromatic carbocycles. The van der Waals surface area contributed by atoms with Gasteiger partial charge >= 0.3 is 5.97 Å². The van der Waals surface area contributed by atoms with Crippen molar-refractivity contribution in [3.8, 4) is 0 Å². The number of hydrogen-bond donors (Lipinski definition) is 2. The zero-order valence-electron chi connectivity index (χ0n) is 8.84. The van der Waals surface area contributed by atoms with E-state index in [-0.39, 0.29) is 12.5 Å². The molecule has 0 saturated heterocycles. The lowest BCUT2D eigenvalue weighted by molar-refractivity contribution is -0.137. The third kappa shape index (κ3) is 4.35. The third-order valence-corrected chi connectivity index (χ3v) is 2.36. The Morgan fingerprint density at radius 2 is 2.38 bits per heavy atom. The number of hydrogen-bond acceptors (Lipinski definition) is 4. The summed E-state index contributed by atoms with van der Waals surface area (Å²) in [6.45, 7) is -0.208. The van der Waals surface area contributed by atoms with E-state index >= 15 is 0 Å². The van der Waals surface area contributed by atoms with Crippen LogP contribution in [-0.2, 0) is 16.1 Å². The van der Waals surface area contributed by atoms with E-state index in [1.54, 1.807) is 11.8 Å². The van der Waals surface area contributed by atoms with Crippen LogP contribution in [0.4, 0.5) is 5.69 Å². The van der Waals surface area contributed by atoms with Crippen LogP contribution >= 0.6 is 11.8 Å².